The third-order valence-corrected chi connectivity index (χ3v) is 12.9. The highest BCUT2D eigenvalue weighted by molar-refractivity contribution is 7.75. The maximum absolute atomic E-state index is 2.51. The molecule has 0 saturated carbocycles. The number of hydrogen-bond donors (Lipinski definition) is 0. The summed E-state index contributed by atoms with van der Waals surface area (Å²) in [7, 11) is -1.00. The molecule has 0 aliphatic heterocycles. The summed E-state index contributed by atoms with van der Waals surface area (Å²) in [6.45, 7) is 7.11. The molecule has 0 aliphatic carbocycles. The molecule has 0 N–H and O–H groups in total. The smallest absolute Gasteiger partial charge is 0.0652 e. The van der Waals surface area contributed by atoms with Crippen molar-refractivity contribution in [3.8, 4) is 0 Å². The molecule has 5 aromatic rings. The lowest BCUT2D eigenvalue weighted by Crippen LogP contribution is -2.12. The van der Waals surface area contributed by atoms with Crippen LogP contribution in [0.15, 0.2) is 66.7 Å². The molecule has 34 heavy (non-hydrogen) atoms. The monoisotopic (exact) mass is 467 g/mol. The minimum absolute atomic E-state index is 1.00. The van der Waals surface area contributed by atoms with Gasteiger partial charge in [0.05, 0.1) is 24.6 Å². The van der Waals surface area contributed by atoms with Gasteiger partial charge in [0, 0.05) is 7.26 Å². The van der Waals surface area contributed by atoms with Crippen LogP contribution in [0.4, 0.5) is 0 Å². The van der Waals surface area contributed by atoms with Crippen molar-refractivity contribution >= 4 is 50.4 Å². The molecule has 1 heteroatoms. The van der Waals surface area contributed by atoms with Crippen molar-refractivity contribution in [1.82, 2.24) is 0 Å². The Balaban J connectivity index is 1.71. The zero-order chi connectivity index (χ0) is 23.5. The number of rotatable bonds is 11. The topological polar surface area (TPSA) is 0 Å². The molecule has 5 rings (SSSR count). The molecule has 0 radical (unpaired) electrons. The molecule has 0 aliphatic rings. The molecule has 0 amide bonds. The maximum Gasteiger partial charge on any atom is 0.0848 e. The molecule has 0 nitrogen and oxygen atoms in total. The summed E-state index contributed by atoms with van der Waals surface area (Å²) in [5, 5.41) is 11.5. The van der Waals surface area contributed by atoms with Gasteiger partial charge in [-0.2, -0.15) is 0 Å². The Labute approximate surface area is 206 Å². The Kier molecular flexibility index (Phi) is 7.08. The fourth-order valence-corrected chi connectivity index (χ4v) is 11.4. The van der Waals surface area contributed by atoms with Crippen LogP contribution in [-0.4, -0.2) is 18.5 Å². The van der Waals surface area contributed by atoms with Crippen molar-refractivity contribution in [2.75, 3.05) is 18.5 Å². The van der Waals surface area contributed by atoms with E-state index in [1.54, 1.807) is 5.56 Å². The molecule has 176 valence electrons. The Morgan fingerprint density at radius 2 is 0.971 bits per heavy atom. The molecule has 0 atom stereocenters. The normalized spacial score (nSPS) is 12.6. The van der Waals surface area contributed by atoms with Gasteiger partial charge in [-0.25, -0.2) is 0 Å². The average Bonchev–Trinajstić information content (AvgIpc) is 2.88. The molecule has 0 fully saturated rings. The van der Waals surface area contributed by atoms with Gasteiger partial charge >= 0.3 is 0 Å². The van der Waals surface area contributed by atoms with Crippen molar-refractivity contribution in [2.45, 2.75) is 65.5 Å². The highest BCUT2D eigenvalue weighted by Crippen LogP contribution is 2.64. The van der Waals surface area contributed by atoms with E-state index in [1.165, 1.54) is 106 Å². The van der Waals surface area contributed by atoms with E-state index in [9.17, 15) is 0 Å². The van der Waals surface area contributed by atoms with Crippen LogP contribution in [0.1, 0.15) is 64.9 Å². The lowest BCUT2D eigenvalue weighted by atomic mass is 9.89. The van der Waals surface area contributed by atoms with Crippen LogP contribution < -0.4 is 0 Å². The lowest BCUT2D eigenvalue weighted by molar-refractivity contribution is 0.832. The van der Waals surface area contributed by atoms with E-state index in [0.717, 1.165) is 0 Å². The fraction of sp³-hybridized carbons (Fsp3) is 0.394. The molecule has 0 unspecified atom stereocenters. The summed E-state index contributed by atoms with van der Waals surface area (Å²) in [6, 6.07) is 25.7. The van der Waals surface area contributed by atoms with E-state index < -0.39 is 7.26 Å². The van der Waals surface area contributed by atoms with Crippen LogP contribution in [0, 0.1) is 0 Å². The molecule has 0 heterocycles. The van der Waals surface area contributed by atoms with Gasteiger partial charge in [-0.3, -0.25) is 0 Å². The van der Waals surface area contributed by atoms with E-state index >= 15 is 0 Å². The average molecular weight is 468 g/mol. The number of fused-ring (bicyclic) bond motifs is 2. The van der Waals surface area contributed by atoms with Gasteiger partial charge in [0.1, 0.15) is 0 Å². The summed E-state index contributed by atoms with van der Waals surface area (Å²) in [5.74, 6) is 0. The van der Waals surface area contributed by atoms with E-state index in [4.69, 9.17) is 0 Å². The van der Waals surface area contributed by atoms with Crippen LogP contribution in [0.25, 0.3) is 43.1 Å². The Bertz CT molecular complexity index is 1320. The zero-order valence-corrected chi connectivity index (χ0v) is 22.3. The van der Waals surface area contributed by atoms with Crippen molar-refractivity contribution in [3.05, 3.63) is 72.3 Å². The first-order valence-corrected chi connectivity index (χ1v) is 16.2. The van der Waals surface area contributed by atoms with Crippen LogP contribution >= 0.6 is 7.26 Å². The quantitative estimate of drug-likeness (QED) is 0.103. The van der Waals surface area contributed by atoms with Crippen molar-refractivity contribution < 1.29 is 0 Å². The summed E-state index contributed by atoms with van der Waals surface area (Å²) < 4.78 is 0. The van der Waals surface area contributed by atoms with Crippen LogP contribution in [0.3, 0.4) is 0 Å². The maximum atomic E-state index is 2.51. The molecule has 0 saturated heterocycles. The van der Waals surface area contributed by atoms with E-state index in [-0.39, 0.29) is 0 Å². The second-order valence-electron chi connectivity index (χ2n) is 10.4. The predicted octanol–water partition coefficient (Wildman–Crippen LogP) is 10.7. The van der Waals surface area contributed by atoms with Crippen molar-refractivity contribution in [3.63, 3.8) is 0 Å². The van der Waals surface area contributed by atoms with E-state index in [0.29, 0.717) is 0 Å². The summed E-state index contributed by atoms with van der Waals surface area (Å²) >= 11 is 0. The first kappa shape index (κ1) is 23.6. The molecule has 5 aromatic carbocycles. The molecular formula is C33H40P+. The number of hydrogen-bond acceptors (Lipinski definition) is 0. The highest BCUT2D eigenvalue weighted by atomic mass is 31.2. The predicted molar refractivity (Wildman–Crippen MR) is 158 cm³/mol. The van der Waals surface area contributed by atoms with Gasteiger partial charge in [0.15, 0.2) is 0 Å². The van der Waals surface area contributed by atoms with Gasteiger partial charge in [-0.1, -0.05) is 107 Å². The molecular weight excluding hydrogens is 427 g/mol. The number of benzene rings is 5. The molecule has 0 spiro atoms. The SMILES string of the molecule is CCCC[P+](CCCC)(CCCC)Cc1ccc2c3cccc4cccc(c5cccc1c52)c43. The highest BCUT2D eigenvalue weighted by Gasteiger charge is 2.36. The third kappa shape index (κ3) is 4.20. The first-order valence-electron chi connectivity index (χ1n) is 13.6. The number of unbranched alkanes of at least 4 members (excludes halogenated alkanes) is 3. The van der Waals surface area contributed by atoms with Crippen LogP contribution in [0.2, 0.25) is 0 Å². The first-order chi connectivity index (χ1) is 16.7. The van der Waals surface area contributed by atoms with Gasteiger partial charge in [0.2, 0.25) is 0 Å². The Morgan fingerprint density at radius 3 is 1.53 bits per heavy atom. The van der Waals surface area contributed by atoms with E-state index in [2.05, 4.69) is 87.5 Å². The largest absolute Gasteiger partial charge is 0.0848 e. The third-order valence-electron chi connectivity index (χ3n) is 8.08. The van der Waals surface area contributed by atoms with Crippen molar-refractivity contribution in [1.29, 1.82) is 0 Å². The van der Waals surface area contributed by atoms with Gasteiger partial charge < -0.3 is 0 Å². The lowest BCUT2D eigenvalue weighted by Gasteiger charge is -2.29. The Hall–Kier alpha value is -2.17. The van der Waals surface area contributed by atoms with E-state index in [1.807, 2.05) is 0 Å². The standard InChI is InChI=1S/C33H40P/c1-4-7-21-34(22-8-5-2,23-9-6-3)24-26-19-20-31-29-17-11-14-25-13-10-16-28(32(25)29)30-18-12-15-27(26)33(30)31/h10-20H,4-9,21-24H2,1-3H3/q+1. The van der Waals surface area contributed by atoms with Crippen LogP contribution in [-0.2, 0) is 6.16 Å². The second-order valence-corrected chi connectivity index (χ2v) is 14.8. The van der Waals surface area contributed by atoms with Crippen LogP contribution in [0.5, 0.6) is 0 Å². The fourth-order valence-electron chi connectivity index (χ4n) is 6.26. The summed E-state index contributed by atoms with van der Waals surface area (Å²) in [5.41, 5.74) is 1.61. The van der Waals surface area contributed by atoms with Gasteiger partial charge in [-0.15, -0.1) is 0 Å². The Morgan fingerprint density at radius 1 is 0.500 bits per heavy atom. The second kappa shape index (κ2) is 10.2. The van der Waals surface area contributed by atoms with Gasteiger partial charge in [-0.05, 0) is 67.9 Å². The van der Waals surface area contributed by atoms with Crippen molar-refractivity contribution in [2.24, 2.45) is 0 Å². The molecule has 0 bridgehead atoms. The zero-order valence-electron chi connectivity index (χ0n) is 21.4. The minimum Gasteiger partial charge on any atom is -0.0652 e. The van der Waals surface area contributed by atoms with Gasteiger partial charge in [0.25, 0.3) is 0 Å². The summed E-state index contributed by atoms with van der Waals surface area (Å²) in [6.07, 6.45) is 13.9. The minimum atomic E-state index is -1.00. The summed E-state index contributed by atoms with van der Waals surface area (Å²) in [4.78, 5) is 0. The molecule has 0 aromatic heterocycles.